The molecule has 0 saturated carbocycles. The van der Waals surface area contributed by atoms with Crippen LogP contribution in [0.2, 0.25) is 10.0 Å². The maximum Gasteiger partial charge on any atom is 0.401 e. The number of halogens is 8. The number of aryl methyl sites for hydroxylation is 1. The molecule has 10 heteroatoms. The van der Waals surface area contributed by atoms with Crippen molar-refractivity contribution < 1.29 is 31.1 Å². The summed E-state index contributed by atoms with van der Waals surface area (Å²) in [6.45, 7) is 0.812. The monoisotopic (exact) mass is 485 g/mol. The zero-order valence-corrected chi connectivity index (χ0v) is 17.9. The van der Waals surface area contributed by atoms with Gasteiger partial charge in [0.25, 0.3) is 0 Å². The van der Waals surface area contributed by atoms with Crippen LogP contribution in [0.1, 0.15) is 33.0 Å². The number of hydrogen-bond donors (Lipinski definition) is 1. The number of hydrogen-bond acceptors (Lipinski definition) is 2. The van der Waals surface area contributed by atoms with E-state index in [1.54, 1.807) is 25.1 Å². The van der Waals surface area contributed by atoms with Crippen molar-refractivity contribution in [1.29, 1.82) is 0 Å². The molecule has 0 amide bonds. The topological polar surface area (TPSA) is 29.1 Å². The van der Waals surface area contributed by atoms with Crippen LogP contribution in [-0.4, -0.2) is 32.2 Å². The highest BCUT2D eigenvalue weighted by Crippen LogP contribution is 2.38. The highest BCUT2D eigenvalue weighted by molar-refractivity contribution is 6.34. The molecule has 0 spiro atoms. The Hall–Kier alpha value is -2.03. The van der Waals surface area contributed by atoms with Gasteiger partial charge in [0.1, 0.15) is 6.29 Å². The molecule has 0 aliphatic heterocycles. The van der Waals surface area contributed by atoms with Crippen molar-refractivity contribution >= 4 is 35.6 Å². The van der Waals surface area contributed by atoms with Gasteiger partial charge in [-0.3, -0.25) is 4.79 Å². The second-order valence-electron chi connectivity index (χ2n) is 6.46. The number of rotatable bonds is 5. The summed E-state index contributed by atoms with van der Waals surface area (Å²) in [5.74, 6) is -1.83. The van der Waals surface area contributed by atoms with Crippen molar-refractivity contribution in [3.63, 3.8) is 0 Å². The first kappa shape index (κ1) is 27.0. The molecular formula is C21H19Cl2F6NO. The minimum absolute atomic E-state index is 0.0301. The summed E-state index contributed by atoms with van der Waals surface area (Å²) in [5.41, 5.74) is 1.74. The normalized spacial score (nSPS) is 13.0. The van der Waals surface area contributed by atoms with E-state index < -0.39 is 24.8 Å². The van der Waals surface area contributed by atoms with Crippen LogP contribution in [0.4, 0.5) is 26.3 Å². The van der Waals surface area contributed by atoms with Gasteiger partial charge >= 0.3 is 12.4 Å². The number of aldehydes is 1. The Morgan fingerprint density at radius 2 is 1.58 bits per heavy atom. The van der Waals surface area contributed by atoms with Gasteiger partial charge in [0.2, 0.25) is 0 Å². The molecular weight excluding hydrogens is 467 g/mol. The summed E-state index contributed by atoms with van der Waals surface area (Å²) < 4.78 is 73.1. The minimum atomic E-state index is -4.48. The van der Waals surface area contributed by atoms with E-state index in [0.717, 1.165) is 6.08 Å². The van der Waals surface area contributed by atoms with Crippen LogP contribution in [0, 0.1) is 6.92 Å². The third-order valence-corrected chi connectivity index (χ3v) is 4.31. The van der Waals surface area contributed by atoms with Gasteiger partial charge in [-0.2, -0.15) is 26.3 Å². The first-order valence-electron chi connectivity index (χ1n) is 8.75. The maximum absolute atomic E-state index is 13.4. The van der Waals surface area contributed by atoms with Crippen LogP contribution in [0.15, 0.2) is 42.5 Å². The van der Waals surface area contributed by atoms with E-state index in [2.05, 4.69) is 0 Å². The molecule has 31 heavy (non-hydrogen) atoms. The van der Waals surface area contributed by atoms with Gasteiger partial charge < -0.3 is 5.32 Å². The minimum Gasteiger partial charge on any atom is -0.312 e. The Balaban J connectivity index is 0.000000592. The zero-order chi connectivity index (χ0) is 23.8. The van der Waals surface area contributed by atoms with Crippen LogP contribution in [0.5, 0.6) is 0 Å². The van der Waals surface area contributed by atoms with Crippen LogP contribution < -0.4 is 5.32 Å². The molecule has 0 radical (unpaired) electrons. The van der Waals surface area contributed by atoms with E-state index in [1.807, 2.05) is 5.32 Å². The molecule has 0 aliphatic carbocycles. The molecule has 0 saturated heterocycles. The van der Waals surface area contributed by atoms with E-state index in [-0.39, 0.29) is 15.6 Å². The van der Waals surface area contributed by atoms with Gasteiger partial charge in [0.15, 0.2) is 0 Å². The predicted molar refractivity (Wildman–Crippen MR) is 111 cm³/mol. The lowest BCUT2D eigenvalue weighted by Gasteiger charge is -2.18. The molecule has 170 valence electrons. The van der Waals surface area contributed by atoms with E-state index >= 15 is 0 Å². The van der Waals surface area contributed by atoms with Crippen molar-refractivity contribution in [1.82, 2.24) is 5.32 Å². The SMILES string of the molecule is CNCC(F)(F)F.Cc1cc(/C=C/C(c2cc(Cl)cc(Cl)c2)C(F)(F)F)ccc1C=O. The van der Waals surface area contributed by atoms with Gasteiger partial charge in [0.05, 0.1) is 12.5 Å². The summed E-state index contributed by atoms with van der Waals surface area (Å²) in [6.07, 6.45) is -5.42. The van der Waals surface area contributed by atoms with Crippen LogP contribution >= 0.6 is 23.2 Å². The third-order valence-electron chi connectivity index (χ3n) is 3.88. The van der Waals surface area contributed by atoms with Gasteiger partial charge in [-0.1, -0.05) is 53.6 Å². The van der Waals surface area contributed by atoms with Gasteiger partial charge in [0, 0.05) is 15.6 Å². The third kappa shape index (κ3) is 9.76. The standard InChI is InChI=1S/C18H13Cl2F3O.C3H6F3N/c1-11-6-12(2-4-13(11)10-24)3-5-17(18(21,22)23)14-7-15(19)9-16(20)8-14;1-7-2-3(4,5)6/h2-10,17H,1H3;7H,2H2,1H3/b5-3+;. The average molecular weight is 486 g/mol. The molecule has 0 aromatic heterocycles. The molecule has 0 fully saturated rings. The number of carbonyl (C=O) groups is 1. The number of alkyl halides is 6. The Kier molecular flexibility index (Phi) is 10.1. The summed E-state index contributed by atoms with van der Waals surface area (Å²) in [7, 11) is 1.26. The van der Waals surface area contributed by atoms with Crippen LogP contribution in [0.25, 0.3) is 6.08 Å². The molecule has 1 atom stereocenters. The van der Waals surface area contributed by atoms with Crippen molar-refractivity contribution in [2.45, 2.75) is 25.2 Å². The molecule has 2 nitrogen and oxygen atoms in total. The summed E-state index contributed by atoms with van der Waals surface area (Å²) in [6, 6.07) is 8.68. The molecule has 0 bridgehead atoms. The molecule has 2 rings (SSSR count). The van der Waals surface area contributed by atoms with Gasteiger partial charge in [-0.15, -0.1) is 0 Å². The lowest BCUT2D eigenvalue weighted by molar-refractivity contribution is -0.139. The molecule has 2 aromatic carbocycles. The summed E-state index contributed by atoms with van der Waals surface area (Å²) in [5, 5.41) is 2.27. The maximum atomic E-state index is 13.4. The van der Waals surface area contributed by atoms with E-state index in [0.29, 0.717) is 23.0 Å². The molecule has 1 N–H and O–H groups in total. The predicted octanol–water partition coefficient (Wildman–Crippen LogP) is 7.24. The Morgan fingerprint density at radius 3 is 1.97 bits per heavy atom. The molecule has 0 heterocycles. The summed E-state index contributed by atoms with van der Waals surface area (Å²) >= 11 is 11.6. The molecule has 2 aromatic rings. The van der Waals surface area contributed by atoms with Gasteiger partial charge in [-0.25, -0.2) is 0 Å². The van der Waals surface area contributed by atoms with Crippen molar-refractivity contribution in [2.75, 3.05) is 13.6 Å². The molecule has 1 unspecified atom stereocenters. The van der Waals surface area contributed by atoms with E-state index in [9.17, 15) is 31.1 Å². The lowest BCUT2D eigenvalue weighted by atomic mass is 9.96. The van der Waals surface area contributed by atoms with Crippen LogP contribution in [-0.2, 0) is 0 Å². The highest BCUT2D eigenvalue weighted by atomic mass is 35.5. The fourth-order valence-corrected chi connectivity index (χ4v) is 3.05. The Morgan fingerprint density at radius 1 is 1.00 bits per heavy atom. The number of benzene rings is 2. The quantitative estimate of drug-likeness (QED) is 0.357. The lowest BCUT2D eigenvalue weighted by Crippen LogP contribution is -2.25. The second kappa shape index (κ2) is 11.5. The van der Waals surface area contributed by atoms with Gasteiger partial charge in [-0.05, 0) is 48.9 Å². The van der Waals surface area contributed by atoms with Crippen LogP contribution in [0.3, 0.4) is 0 Å². The largest absolute Gasteiger partial charge is 0.401 e. The van der Waals surface area contributed by atoms with Crippen molar-refractivity contribution in [3.8, 4) is 0 Å². The van der Waals surface area contributed by atoms with E-state index in [4.69, 9.17) is 23.2 Å². The first-order chi connectivity index (χ1) is 14.3. The Labute approximate surface area is 185 Å². The highest BCUT2D eigenvalue weighted by Gasteiger charge is 2.39. The second-order valence-corrected chi connectivity index (χ2v) is 7.33. The molecule has 0 aliphatic rings. The van der Waals surface area contributed by atoms with Crippen molar-refractivity contribution in [2.24, 2.45) is 0 Å². The number of carbonyl (C=O) groups excluding carboxylic acids is 1. The van der Waals surface area contributed by atoms with E-state index in [1.165, 1.54) is 31.3 Å². The zero-order valence-electron chi connectivity index (χ0n) is 16.4. The fraction of sp³-hybridized carbons (Fsp3) is 0.286. The Bertz CT molecular complexity index is 889. The fourth-order valence-electron chi connectivity index (χ4n) is 2.51. The number of nitrogens with one attached hydrogen (secondary N) is 1. The first-order valence-corrected chi connectivity index (χ1v) is 9.50. The van der Waals surface area contributed by atoms with Crippen molar-refractivity contribution in [3.05, 3.63) is 74.8 Å². The summed E-state index contributed by atoms with van der Waals surface area (Å²) in [4.78, 5) is 10.8. The average Bonchev–Trinajstić information content (AvgIpc) is 2.59. The smallest absolute Gasteiger partial charge is 0.312 e. The number of allylic oxidation sites excluding steroid dienone is 1.